The number of benzene rings is 13. The third kappa shape index (κ3) is 11.0. The van der Waals surface area contributed by atoms with E-state index in [-0.39, 0.29) is 21.7 Å². The fourth-order valence-electron chi connectivity index (χ4n) is 16.1. The molecule has 0 aliphatic rings. The topological polar surface area (TPSA) is 62.8 Å². The molecule has 8 heteroatoms. The van der Waals surface area contributed by atoms with E-state index in [0.29, 0.717) is 23.2 Å². The predicted octanol–water partition coefficient (Wildman–Crippen LogP) is 26.3. The van der Waals surface area contributed by atoms with Crippen LogP contribution in [0.2, 0.25) is 0 Å². The average molecular weight is 1370 g/mol. The van der Waals surface area contributed by atoms with Crippen molar-refractivity contribution in [3.05, 3.63) is 313 Å². The minimum atomic E-state index is -0.176. The number of aromatic nitrogens is 7. The minimum Gasteiger partial charge on any atom is -0.309 e. The van der Waals surface area contributed by atoms with Crippen molar-refractivity contribution in [2.45, 2.75) is 105 Å². The Kier molecular flexibility index (Phi) is 15.1. The number of para-hydroxylation sites is 6. The first-order valence-corrected chi connectivity index (χ1v) is 36.9. The van der Waals surface area contributed by atoms with Gasteiger partial charge in [-0.1, -0.05) is 229 Å². The van der Waals surface area contributed by atoms with Gasteiger partial charge in [0.15, 0.2) is 23.2 Å². The minimum absolute atomic E-state index is 0.176. The van der Waals surface area contributed by atoms with Crippen LogP contribution in [0.5, 0.6) is 0 Å². The molecule has 0 aliphatic heterocycles. The maximum absolute atomic E-state index is 8.30. The van der Waals surface area contributed by atoms with Crippen molar-refractivity contribution in [3.63, 3.8) is 0 Å². The van der Waals surface area contributed by atoms with Crippen LogP contribution >= 0.6 is 0 Å². The van der Waals surface area contributed by atoms with E-state index in [9.17, 15) is 0 Å². The first-order chi connectivity index (χ1) is 51.0. The Morgan fingerprint density at radius 3 is 0.943 bits per heavy atom. The summed E-state index contributed by atoms with van der Waals surface area (Å²) in [6.45, 7) is 35.8. The first kappa shape index (κ1) is 65.6. The summed E-state index contributed by atoms with van der Waals surface area (Å²) in [4.78, 5) is 21.1. The van der Waals surface area contributed by atoms with Crippen molar-refractivity contribution < 1.29 is 0 Å². The molecule has 5 heterocycles. The van der Waals surface area contributed by atoms with E-state index in [2.05, 4.69) is 367 Å². The van der Waals surface area contributed by atoms with Crippen LogP contribution in [-0.4, -0.2) is 33.2 Å². The van der Waals surface area contributed by atoms with Crippen LogP contribution in [0.15, 0.2) is 279 Å². The highest BCUT2D eigenvalue weighted by molar-refractivity contribution is 6.21. The van der Waals surface area contributed by atoms with Gasteiger partial charge in [-0.3, -0.25) is 0 Å². The number of nitrogens with zero attached hydrogens (tertiary/aromatic N) is 8. The van der Waals surface area contributed by atoms with Gasteiger partial charge in [0, 0.05) is 82.3 Å². The summed E-state index contributed by atoms with van der Waals surface area (Å²) in [5.41, 5.74) is 24.1. The lowest BCUT2D eigenvalue weighted by atomic mass is 9.79. The van der Waals surface area contributed by atoms with Gasteiger partial charge < -0.3 is 18.3 Å². The Bertz CT molecular complexity index is 6520. The highest BCUT2D eigenvalue weighted by Crippen LogP contribution is 2.48. The van der Waals surface area contributed by atoms with Crippen LogP contribution in [-0.2, 0) is 21.7 Å². The maximum Gasteiger partial charge on any atom is 0.187 e. The van der Waals surface area contributed by atoms with Crippen LogP contribution in [0.25, 0.3) is 171 Å². The molecular formula is C98H82N8. The van der Waals surface area contributed by atoms with Crippen molar-refractivity contribution in [1.82, 2.24) is 33.2 Å². The molecule has 0 saturated heterocycles. The van der Waals surface area contributed by atoms with E-state index in [1.807, 2.05) is 18.2 Å². The molecule has 0 N–H and O–H groups in total. The second kappa shape index (κ2) is 24.3. The highest BCUT2D eigenvalue weighted by Gasteiger charge is 2.29. The normalized spacial score (nSPS) is 12.5. The molecule has 106 heavy (non-hydrogen) atoms. The Morgan fingerprint density at radius 2 is 0.566 bits per heavy atom. The molecule has 0 saturated carbocycles. The smallest absolute Gasteiger partial charge is 0.187 e. The van der Waals surface area contributed by atoms with Crippen LogP contribution in [0, 0.1) is 6.57 Å². The predicted molar refractivity (Wildman–Crippen MR) is 445 cm³/mol. The SMILES string of the molecule is [C-]#[N+]c1cccc(-c2ccc(-n3c4ccccc4c4cc5c6ccccc6n(-c6ccccc6)c5cc43)c(-c3cc(-c4nc(-c5cc(C(C)(C)C)cc(C(C)(C)C)c5)nc(-c5cc(C(C)(C)C)cc(C(C)(C)C)c5)n4)ccc3-n3c4ccccc4c4cc5c6ccccc6n(-c6ccccc6)c5cc43)c2)c1. The zero-order chi connectivity index (χ0) is 72.9. The van der Waals surface area contributed by atoms with Crippen molar-refractivity contribution in [1.29, 1.82) is 0 Å². The number of rotatable bonds is 9. The monoisotopic (exact) mass is 1370 g/mol. The van der Waals surface area contributed by atoms with Gasteiger partial charge in [0.2, 0.25) is 0 Å². The number of hydrogen-bond donors (Lipinski definition) is 0. The molecule has 18 aromatic rings. The molecule has 0 amide bonds. The zero-order valence-corrected chi connectivity index (χ0v) is 62.1. The molecule has 0 atom stereocenters. The van der Waals surface area contributed by atoms with Gasteiger partial charge in [-0.15, -0.1) is 0 Å². The highest BCUT2D eigenvalue weighted by atomic mass is 15.1. The molecule has 0 aliphatic carbocycles. The molecule has 0 unspecified atom stereocenters. The maximum atomic E-state index is 8.30. The molecular weight excluding hydrogens is 1290 g/mol. The Balaban J connectivity index is 0.995. The summed E-state index contributed by atoms with van der Waals surface area (Å²) < 4.78 is 9.84. The molecule has 0 radical (unpaired) electrons. The summed E-state index contributed by atoms with van der Waals surface area (Å²) in [6.07, 6.45) is 0. The lowest BCUT2D eigenvalue weighted by molar-refractivity contribution is 0.568. The molecule has 0 spiro atoms. The van der Waals surface area contributed by atoms with Crippen LogP contribution in [0.1, 0.15) is 105 Å². The Labute approximate surface area is 619 Å². The second-order valence-corrected chi connectivity index (χ2v) is 32.9. The number of hydrogen-bond acceptors (Lipinski definition) is 3. The molecule has 514 valence electrons. The van der Waals surface area contributed by atoms with Crippen LogP contribution in [0.3, 0.4) is 0 Å². The van der Waals surface area contributed by atoms with Gasteiger partial charge in [0.1, 0.15) is 0 Å². The molecule has 18 rings (SSSR count). The van der Waals surface area contributed by atoms with Crippen molar-refractivity contribution in [2.75, 3.05) is 0 Å². The quantitative estimate of drug-likeness (QED) is 0.135. The first-order valence-electron chi connectivity index (χ1n) is 36.9. The molecule has 0 fully saturated rings. The second-order valence-electron chi connectivity index (χ2n) is 32.9. The summed E-state index contributed by atoms with van der Waals surface area (Å²) in [6, 6.07) is 102. The molecule has 5 aromatic heterocycles. The fourth-order valence-corrected chi connectivity index (χ4v) is 16.1. The summed E-state index contributed by atoms with van der Waals surface area (Å²) in [7, 11) is 0. The summed E-state index contributed by atoms with van der Waals surface area (Å²) in [5.74, 6) is 1.76. The third-order valence-electron chi connectivity index (χ3n) is 21.8. The van der Waals surface area contributed by atoms with Gasteiger partial charge in [-0.25, -0.2) is 19.8 Å². The Morgan fingerprint density at radius 1 is 0.245 bits per heavy atom. The standard InChI is InChI=1S/C98H82N8/c1-95(2,3)65-47-63(48-66(54-65)96(4,5)6)93-100-92(101-94(102-93)64-49-67(97(7,8)9)55-68(50-64)98(10,11)12)62-44-46-87(106-85-42-27-23-38-75(85)81-57-79-73-36-21-25-40-83(73)104(89(79)59-91(81)106)71-33-18-15-19-34-71)77(53-62)76-52-61(60-29-28-30-69(51-60)99-13)43-45-86(76)105-84-41-26-22-37-74(84)80-56-78-72-35-20-24-39-82(72)103(88(78)58-90(80)105)70-31-16-14-17-32-70/h14-59H,1-12H3. The van der Waals surface area contributed by atoms with Crippen LogP contribution < -0.4 is 0 Å². The lowest BCUT2D eigenvalue weighted by Crippen LogP contribution is -2.17. The van der Waals surface area contributed by atoms with Gasteiger partial charge in [0.25, 0.3) is 0 Å². The molecule has 8 nitrogen and oxygen atoms in total. The van der Waals surface area contributed by atoms with Crippen molar-refractivity contribution >= 4 is 92.9 Å². The van der Waals surface area contributed by atoms with E-state index in [1.54, 1.807) is 0 Å². The van der Waals surface area contributed by atoms with Gasteiger partial charge in [-0.2, -0.15) is 0 Å². The third-order valence-corrected chi connectivity index (χ3v) is 21.8. The van der Waals surface area contributed by atoms with E-state index in [0.717, 1.165) is 127 Å². The van der Waals surface area contributed by atoms with E-state index in [1.165, 1.54) is 43.8 Å². The van der Waals surface area contributed by atoms with Crippen molar-refractivity contribution in [2.24, 2.45) is 0 Å². The zero-order valence-electron chi connectivity index (χ0n) is 62.1. The van der Waals surface area contributed by atoms with E-state index in [4.69, 9.17) is 21.5 Å². The van der Waals surface area contributed by atoms with Crippen LogP contribution in [0.4, 0.5) is 5.69 Å². The fraction of sp³-hybridized carbons (Fsp3) is 0.163. The average Bonchev–Trinajstić information content (AvgIpc) is 1.54. The molecule has 13 aromatic carbocycles. The lowest BCUT2D eigenvalue weighted by Gasteiger charge is -2.26. The molecule has 0 bridgehead atoms. The van der Waals surface area contributed by atoms with Gasteiger partial charge in [0.05, 0.1) is 62.1 Å². The largest absolute Gasteiger partial charge is 0.309 e. The van der Waals surface area contributed by atoms with Gasteiger partial charge in [-0.05, 0) is 189 Å². The van der Waals surface area contributed by atoms with Crippen molar-refractivity contribution in [3.8, 4) is 79.2 Å². The Hall–Kier alpha value is -12.4. The number of fused-ring (bicyclic) bond motifs is 12. The summed E-state index contributed by atoms with van der Waals surface area (Å²) >= 11 is 0. The van der Waals surface area contributed by atoms with E-state index < -0.39 is 0 Å². The van der Waals surface area contributed by atoms with E-state index >= 15 is 0 Å². The summed E-state index contributed by atoms with van der Waals surface area (Å²) in [5, 5.41) is 9.32. The van der Waals surface area contributed by atoms with Gasteiger partial charge >= 0.3 is 0 Å².